The molecule has 4 nitrogen and oxygen atoms in total. The molecule has 110 valence electrons. The first-order valence-electron chi connectivity index (χ1n) is 7.32. The number of carbonyl (C=O) groups excluding carboxylic acids is 1. The second-order valence-corrected chi connectivity index (χ2v) is 6.47. The lowest BCUT2D eigenvalue weighted by Gasteiger charge is -2.23. The molecule has 0 aromatic heterocycles. The molecular formula is C16H25N3O. The van der Waals surface area contributed by atoms with E-state index in [1.165, 1.54) is 24.8 Å². The standard InChI is InChI=1S/C16H25N3O/c1-16(2)7-4-9-19(10-8-16)12-13-5-3-6-14(11-13)15(20)18-17/h3,5-6,11H,4,7-10,12,17H2,1-2H3,(H,18,20). The number of hydrazine groups is 1. The molecule has 20 heavy (non-hydrogen) atoms. The van der Waals surface area contributed by atoms with Crippen LogP contribution in [0, 0.1) is 5.41 Å². The van der Waals surface area contributed by atoms with Gasteiger partial charge < -0.3 is 0 Å². The van der Waals surface area contributed by atoms with Gasteiger partial charge in [0.15, 0.2) is 0 Å². The second kappa shape index (κ2) is 6.37. The molecule has 1 heterocycles. The monoisotopic (exact) mass is 275 g/mol. The third kappa shape index (κ3) is 4.05. The Bertz CT molecular complexity index is 471. The SMILES string of the molecule is CC1(C)CCCN(Cc2cccc(C(=O)NN)c2)CC1. The zero-order valence-electron chi connectivity index (χ0n) is 12.5. The number of hydrogen-bond donors (Lipinski definition) is 2. The summed E-state index contributed by atoms with van der Waals surface area (Å²) < 4.78 is 0. The van der Waals surface area contributed by atoms with E-state index in [2.05, 4.69) is 30.2 Å². The first-order chi connectivity index (χ1) is 9.50. The average molecular weight is 275 g/mol. The summed E-state index contributed by atoms with van der Waals surface area (Å²) >= 11 is 0. The molecule has 0 atom stereocenters. The van der Waals surface area contributed by atoms with Gasteiger partial charge in [-0.15, -0.1) is 0 Å². The van der Waals surface area contributed by atoms with Gasteiger partial charge in [0.1, 0.15) is 0 Å². The van der Waals surface area contributed by atoms with Crippen LogP contribution in [0.5, 0.6) is 0 Å². The average Bonchev–Trinajstić information content (AvgIpc) is 2.60. The van der Waals surface area contributed by atoms with Crippen molar-refractivity contribution in [2.24, 2.45) is 11.3 Å². The lowest BCUT2D eigenvalue weighted by molar-refractivity contribution is 0.0953. The molecule has 2 rings (SSSR count). The predicted molar refractivity (Wildman–Crippen MR) is 81.0 cm³/mol. The first kappa shape index (κ1) is 15.0. The summed E-state index contributed by atoms with van der Waals surface area (Å²) in [4.78, 5) is 14.0. The maximum absolute atomic E-state index is 11.5. The van der Waals surface area contributed by atoms with E-state index in [0.29, 0.717) is 11.0 Å². The molecule has 0 bridgehead atoms. The van der Waals surface area contributed by atoms with Crippen LogP contribution in [0.3, 0.4) is 0 Å². The molecule has 1 aliphatic heterocycles. The lowest BCUT2D eigenvalue weighted by Crippen LogP contribution is -2.30. The van der Waals surface area contributed by atoms with Gasteiger partial charge in [0, 0.05) is 12.1 Å². The van der Waals surface area contributed by atoms with Crippen LogP contribution >= 0.6 is 0 Å². The van der Waals surface area contributed by atoms with Crippen LogP contribution in [0.25, 0.3) is 0 Å². The molecule has 1 aromatic rings. The van der Waals surface area contributed by atoms with Gasteiger partial charge in [-0.05, 0) is 55.5 Å². The van der Waals surface area contributed by atoms with Crippen LogP contribution in [-0.2, 0) is 6.54 Å². The minimum absolute atomic E-state index is 0.233. The molecular weight excluding hydrogens is 250 g/mol. The second-order valence-electron chi connectivity index (χ2n) is 6.47. The van der Waals surface area contributed by atoms with Crippen molar-refractivity contribution in [2.75, 3.05) is 13.1 Å². The van der Waals surface area contributed by atoms with Crippen molar-refractivity contribution in [3.8, 4) is 0 Å². The molecule has 0 spiro atoms. The van der Waals surface area contributed by atoms with Crippen LogP contribution in [0.2, 0.25) is 0 Å². The van der Waals surface area contributed by atoms with Gasteiger partial charge in [0.2, 0.25) is 0 Å². The highest BCUT2D eigenvalue weighted by molar-refractivity contribution is 5.93. The number of hydrogen-bond acceptors (Lipinski definition) is 3. The zero-order chi connectivity index (χ0) is 14.6. The smallest absolute Gasteiger partial charge is 0.265 e. The van der Waals surface area contributed by atoms with E-state index in [9.17, 15) is 4.79 Å². The number of nitrogen functional groups attached to an aromatic ring is 1. The Labute approximate surface area is 121 Å². The fourth-order valence-electron chi connectivity index (χ4n) is 2.79. The summed E-state index contributed by atoms with van der Waals surface area (Å²) in [5.74, 6) is 4.95. The fraction of sp³-hybridized carbons (Fsp3) is 0.562. The number of nitrogens with two attached hydrogens (primary N) is 1. The summed E-state index contributed by atoms with van der Waals surface area (Å²) in [5.41, 5.74) is 4.43. The third-order valence-electron chi connectivity index (χ3n) is 4.16. The third-order valence-corrected chi connectivity index (χ3v) is 4.16. The van der Waals surface area contributed by atoms with Crippen LogP contribution in [0.4, 0.5) is 0 Å². The highest BCUT2D eigenvalue weighted by Gasteiger charge is 2.22. The molecule has 1 aromatic carbocycles. The number of rotatable bonds is 3. The van der Waals surface area contributed by atoms with E-state index in [-0.39, 0.29) is 5.91 Å². The van der Waals surface area contributed by atoms with E-state index >= 15 is 0 Å². The van der Waals surface area contributed by atoms with Crippen molar-refractivity contribution in [2.45, 2.75) is 39.7 Å². The van der Waals surface area contributed by atoms with E-state index in [1.54, 1.807) is 6.07 Å². The van der Waals surface area contributed by atoms with Crippen molar-refractivity contribution >= 4 is 5.91 Å². The Kier molecular flexibility index (Phi) is 4.78. The van der Waals surface area contributed by atoms with Crippen molar-refractivity contribution < 1.29 is 4.79 Å². The maximum atomic E-state index is 11.5. The quantitative estimate of drug-likeness (QED) is 0.505. The van der Waals surface area contributed by atoms with Crippen molar-refractivity contribution in [1.82, 2.24) is 10.3 Å². The highest BCUT2D eigenvalue weighted by atomic mass is 16.2. The van der Waals surface area contributed by atoms with Crippen molar-refractivity contribution in [3.63, 3.8) is 0 Å². The summed E-state index contributed by atoms with van der Waals surface area (Å²) in [5, 5.41) is 0. The van der Waals surface area contributed by atoms with Gasteiger partial charge in [-0.25, -0.2) is 5.84 Å². The molecule has 0 saturated carbocycles. The van der Waals surface area contributed by atoms with Gasteiger partial charge in [-0.1, -0.05) is 26.0 Å². The zero-order valence-corrected chi connectivity index (χ0v) is 12.5. The maximum Gasteiger partial charge on any atom is 0.265 e. The normalized spacial score (nSPS) is 19.4. The van der Waals surface area contributed by atoms with Crippen LogP contribution in [0.1, 0.15) is 49.0 Å². The van der Waals surface area contributed by atoms with E-state index in [1.807, 2.05) is 12.1 Å². The number of carbonyl (C=O) groups is 1. The Morgan fingerprint density at radius 2 is 2.15 bits per heavy atom. The molecule has 1 fully saturated rings. The van der Waals surface area contributed by atoms with E-state index < -0.39 is 0 Å². The molecule has 0 radical (unpaired) electrons. The summed E-state index contributed by atoms with van der Waals surface area (Å²) in [7, 11) is 0. The van der Waals surface area contributed by atoms with Crippen molar-refractivity contribution in [1.29, 1.82) is 0 Å². The minimum Gasteiger partial charge on any atom is -0.299 e. The van der Waals surface area contributed by atoms with E-state index in [4.69, 9.17) is 5.84 Å². The topological polar surface area (TPSA) is 58.4 Å². The van der Waals surface area contributed by atoms with Gasteiger partial charge in [-0.2, -0.15) is 0 Å². The van der Waals surface area contributed by atoms with Gasteiger partial charge in [0.25, 0.3) is 5.91 Å². The Hall–Kier alpha value is -1.39. The van der Waals surface area contributed by atoms with E-state index in [0.717, 1.165) is 19.6 Å². The molecule has 3 N–H and O–H groups in total. The van der Waals surface area contributed by atoms with Gasteiger partial charge in [0.05, 0.1) is 0 Å². The fourth-order valence-corrected chi connectivity index (χ4v) is 2.79. The minimum atomic E-state index is -0.233. The van der Waals surface area contributed by atoms with Crippen LogP contribution in [-0.4, -0.2) is 23.9 Å². The van der Waals surface area contributed by atoms with Crippen molar-refractivity contribution in [3.05, 3.63) is 35.4 Å². The largest absolute Gasteiger partial charge is 0.299 e. The molecule has 1 aliphatic rings. The van der Waals surface area contributed by atoms with Crippen LogP contribution < -0.4 is 11.3 Å². The summed E-state index contributed by atoms with van der Waals surface area (Å²) in [6.45, 7) is 7.87. The molecule has 1 saturated heterocycles. The molecule has 0 aliphatic carbocycles. The highest BCUT2D eigenvalue weighted by Crippen LogP contribution is 2.30. The number of nitrogens with zero attached hydrogens (tertiary/aromatic N) is 1. The summed E-state index contributed by atoms with van der Waals surface area (Å²) in [6, 6.07) is 7.71. The molecule has 1 amide bonds. The Morgan fingerprint density at radius 1 is 1.35 bits per heavy atom. The van der Waals surface area contributed by atoms with Gasteiger partial charge in [-0.3, -0.25) is 15.1 Å². The number of amides is 1. The number of likely N-dealkylation sites (tertiary alicyclic amines) is 1. The first-order valence-corrected chi connectivity index (χ1v) is 7.32. The summed E-state index contributed by atoms with van der Waals surface area (Å²) in [6.07, 6.45) is 3.77. The molecule has 0 unspecified atom stereocenters. The molecule has 4 heteroatoms. The Morgan fingerprint density at radius 3 is 2.90 bits per heavy atom. The number of benzene rings is 1. The number of nitrogens with one attached hydrogen (secondary N) is 1. The lowest BCUT2D eigenvalue weighted by atomic mass is 9.85. The predicted octanol–water partition coefficient (Wildman–Crippen LogP) is 2.30. The Balaban J connectivity index is 2.01. The van der Waals surface area contributed by atoms with Gasteiger partial charge >= 0.3 is 0 Å². The van der Waals surface area contributed by atoms with Crippen LogP contribution in [0.15, 0.2) is 24.3 Å².